The predicted octanol–water partition coefficient (Wildman–Crippen LogP) is 2.06. The van der Waals surface area contributed by atoms with Crippen LogP contribution in [0.2, 0.25) is 0 Å². The number of amides is 1. The second-order valence-corrected chi connectivity index (χ2v) is 3.89. The molecular formula is C12H17NO2. The van der Waals surface area contributed by atoms with E-state index in [2.05, 4.69) is 13.8 Å². The van der Waals surface area contributed by atoms with E-state index in [1.54, 1.807) is 6.92 Å². The molecule has 82 valence electrons. The highest BCUT2D eigenvalue weighted by Gasteiger charge is 2.10. The van der Waals surface area contributed by atoms with E-state index in [1.165, 1.54) is 5.56 Å². The Morgan fingerprint density at radius 2 is 2.00 bits per heavy atom. The molecule has 0 aliphatic heterocycles. The summed E-state index contributed by atoms with van der Waals surface area (Å²) in [6.07, 6.45) is -0.590. The van der Waals surface area contributed by atoms with E-state index >= 15 is 0 Å². The van der Waals surface area contributed by atoms with Crippen molar-refractivity contribution in [3.05, 3.63) is 29.8 Å². The number of rotatable bonds is 4. The number of hydrogen-bond acceptors (Lipinski definition) is 2. The number of nitrogens with two attached hydrogens (primary N) is 1. The Bertz CT molecular complexity index is 347. The van der Waals surface area contributed by atoms with Crippen molar-refractivity contribution in [2.24, 2.45) is 5.73 Å². The van der Waals surface area contributed by atoms with Crippen LogP contribution in [0, 0.1) is 0 Å². The van der Waals surface area contributed by atoms with Crippen LogP contribution in [0.1, 0.15) is 32.3 Å². The summed E-state index contributed by atoms with van der Waals surface area (Å²) in [6.45, 7) is 5.86. The molecule has 0 spiro atoms. The van der Waals surface area contributed by atoms with E-state index in [9.17, 15) is 4.79 Å². The van der Waals surface area contributed by atoms with Gasteiger partial charge >= 0.3 is 0 Å². The number of carbonyl (C=O) groups excluding carboxylic acids is 1. The Morgan fingerprint density at radius 1 is 1.33 bits per heavy atom. The fraction of sp³-hybridized carbons (Fsp3) is 0.417. The Balaban J connectivity index is 2.78. The molecule has 15 heavy (non-hydrogen) atoms. The van der Waals surface area contributed by atoms with Crippen LogP contribution < -0.4 is 10.5 Å². The van der Waals surface area contributed by atoms with Crippen LogP contribution in [0.5, 0.6) is 5.75 Å². The fourth-order valence-electron chi connectivity index (χ4n) is 1.21. The number of benzene rings is 1. The Morgan fingerprint density at radius 3 is 2.53 bits per heavy atom. The standard InChI is InChI=1S/C12H17NO2/c1-8(2)10-5-4-6-11(7-10)15-9(3)12(13)14/h4-9H,1-3H3,(H2,13,14)/t9-/m0/s1. The first-order chi connectivity index (χ1) is 7.00. The van der Waals surface area contributed by atoms with Crippen LogP contribution in [0.25, 0.3) is 0 Å². The Hall–Kier alpha value is -1.51. The van der Waals surface area contributed by atoms with Gasteiger partial charge in [0.15, 0.2) is 6.10 Å². The van der Waals surface area contributed by atoms with Crippen LogP contribution in [0.3, 0.4) is 0 Å². The second-order valence-electron chi connectivity index (χ2n) is 3.89. The van der Waals surface area contributed by atoms with Gasteiger partial charge in [0.2, 0.25) is 0 Å². The summed E-state index contributed by atoms with van der Waals surface area (Å²) in [4.78, 5) is 10.8. The summed E-state index contributed by atoms with van der Waals surface area (Å²) >= 11 is 0. The molecule has 0 saturated carbocycles. The summed E-state index contributed by atoms with van der Waals surface area (Å²) in [6, 6.07) is 7.71. The van der Waals surface area contributed by atoms with E-state index < -0.39 is 12.0 Å². The van der Waals surface area contributed by atoms with Gasteiger partial charge in [0.1, 0.15) is 5.75 Å². The second kappa shape index (κ2) is 4.82. The molecule has 3 heteroatoms. The highest BCUT2D eigenvalue weighted by atomic mass is 16.5. The third kappa shape index (κ3) is 3.27. The first-order valence-corrected chi connectivity index (χ1v) is 5.06. The van der Waals surface area contributed by atoms with Crippen LogP contribution >= 0.6 is 0 Å². The molecule has 0 heterocycles. The van der Waals surface area contributed by atoms with Gasteiger partial charge in [-0.3, -0.25) is 4.79 Å². The van der Waals surface area contributed by atoms with Crippen molar-refractivity contribution in [1.82, 2.24) is 0 Å². The van der Waals surface area contributed by atoms with Gasteiger partial charge in [-0.15, -0.1) is 0 Å². The fourth-order valence-corrected chi connectivity index (χ4v) is 1.21. The summed E-state index contributed by atoms with van der Waals surface area (Å²) in [5, 5.41) is 0. The van der Waals surface area contributed by atoms with Crippen molar-refractivity contribution < 1.29 is 9.53 Å². The minimum absolute atomic E-state index is 0.442. The number of primary amides is 1. The van der Waals surface area contributed by atoms with Gasteiger partial charge in [-0.1, -0.05) is 26.0 Å². The summed E-state index contributed by atoms with van der Waals surface area (Å²) in [5.74, 6) is 0.676. The zero-order chi connectivity index (χ0) is 11.4. The normalized spacial score (nSPS) is 12.5. The zero-order valence-corrected chi connectivity index (χ0v) is 9.36. The molecule has 1 aromatic rings. The van der Waals surface area contributed by atoms with E-state index in [1.807, 2.05) is 24.3 Å². The van der Waals surface area contributed by atoms with Gasteiger partial charge in [-0.2, -0.15) is 0 Å². The van der Waals surface area contributed by atoms with Crippen molar-refractivity contribution in [2.75, 3.05) is 0 Å². The quantitative estimate of drug-likeness (QED) is 0.821. The van der Waals surface area contributed by atoms with E-state index in [-0.39, 0.29) is 0 Å². The van der Waals surface area contributed by atoms with Gasteiger partial charge in [0, 0.05) is 0 Å². The highest BCUT2D eigenvalue weighted by molar-refractivity contribution is 5.78. The van der Waals surface area contributed by atoms with Crippen LogP contribution in [0.4, 0.5) is 0 Å². The molecule has 1 amide bonds. The molecule has 0 saturated heterocycles. The number of ether oxygens (including phenoxy) is 1. The lowest BCUT2D eigenvalue weighted by Gasteiger charge is -2.13. The third-order valence-corrected chi connectivity index (χ3v) is 2.24. The molecule has 1 aromatic carbocycles. The largest absolute Gasteiger partial charge is 0.481 e. The minimum Gasteiger partial charge on any atom is -0.481 e. The lowest BCUT2D eigenvalue weighted by atomic mass is 10.0. The zero-order valence-electron chi connectivity index (χ0n) is 9.36. The molecule has 0 aromatic heterocycles. The maximum atomic E-state index is 10.8. The lowest BCUT2D eigenvalue weighted by Crippen LogP contribution is -2.30. The molecule has 0 bridgehead atoms. The molecular weight excluding hydrogens is 190 g/mol. The minimum atomic E-state index is -0.590. The summed E-state index contributed by atoms with van der Waals surface area (Å²) < 4.78 is 5.39. The molecule has 3 nitrogen and oxygen atoms in total. The first-order valence-electron chi connectivity index (χ1n) is 5.06. The molecule has 0 fully saturated rings. The summed E-state index contributed by atoms with van der Waals surface area (Å²) in [5.41, 5.74) is 6.30. The summed E-state index contributed by atoms with van der Waals surface area (Å²) in [7, 11) is 0. The SMILES string of the molecule is CC(C)c1cccc(O[C@@H](C)C(N)=O)c1. The maximum absolute atomic E-state index is 10.8. The van der Waals surface area contributed by atoms with Crippen LogP contribution in [0.15, 0.2) is 24.3 Å². The maximum Gasteiger partial charge on any atom is 0.258 e. The van der Waals surface area contributed by atoms with Gasteiger partial charge in [-0.25, -0.2) is 0 Å². The third-order valence-electron chi connectivity index (χ3n) is 2.24. The molecule has 2 N–H and O–H groups in total. The molecule has 0 unspecified atom stereocenters. The molecule has 0 radical (unpaired) electrons. The van der Waals surface area contributed by atoms with Crippen LogP contribution in [-0.2, 0) is 4.79 Å². The lowest BCUT2D eigenvalue weighted by molar-refractivity contribution is -0.123. The first kappa shape index (κ1) is 11.6. The molecule has 0 aliphatic rings. The average Bonchev–Trinajstić information content (AvgIpc) is 2.18. The smallest absolute Gasteiger partial charge is 0.258 e. The van der Waals surface area contributed by atoms with Gasteiger partial charge in [-0.05, 0) is 30.5 Å². The molecule has 0 aliphatic carbocycles. The van der Waals surface area contributed by atoms with Crippen molar-refractivity contribution in [2.45, 2.75) is 32.8 Å². The number of hydrogen-bond donors (Lipinski definition) is 1. The van der Waals surface area contributed by atoms with Crippen molar-refractivity contribution >= 4 is 5.91 Å². The Kier molecular flexibility index (Phi) is 3.72. The van der Waals surface area contributed by atoms with E-state index in [0.717, 1.165) is 0 Å². The average molecular weight is 207 g/mol. The van der Waals surface area contributed by atoms with Gasteiger partial charge in [0.05, 0.1) is 0 Å². The van der Waals surface area contributed by atoms with Crippen molar-refractivity contribution in [3.63, 3.8) is 0 Å². The van der Waals surface area contributed by atoms with Crippen LogP contribution in [-0.4, -0.2) is 12.0 Å². The van der Waals surface area contributed by atoms with Crippen molar-refractivity contribution in [3.8, 4) is 5.75 Å². The van der Waals surface area contributed by atoms with Gasteiger partial charge in [0.25, 0.3) is 5.91 Å². The monoisotopic (exact) mass is 207 g/mol. The topological polar surface area (TPSA) is 52.3 Å². The molecule has 1 rings (SSSR count). The van der Waals surface area contributed by atoms with E-state index in [4.69, 9.17) is 10.5 Å². The highest BCUT2D eigenvalue weighted by Crippen LogP contribution is 2.20. The molecule has 1 atom stereocenters. The van der Waals surface area contributed by atoms with Gasteiger partial charge < -0.3 is 10.5 Å². The van der Waals surface area contributed by atoms with E-state index in [0.29, 0.717) is 11.7 Å². The van der Waals surface area contributed by atoms with Crippen molar-refractivity contribution in [1.29, 1.82) is 0 Å². The Labute approximate surface area is 90.2 Å². The number of carbonyl (C=O) groups is 1. The predicted molar refractivity (Wildman–Crippen MR) is 59.8 cm³/mol.